The van der Waals surface area contributed by atoms with Gasteiger partial charge in [-0.25, -0.2) is 4.39 Å². The Morgan fingerprint density at radius 2 is 2.12 bits per heavy atom. The highest BCUT2D eigenvalue weighted by Gasteiger charge is 2.10. The second-order valence-corrected chi connectivity index (χ2v) is 4.13. The lowest BCUT2D eigenvalue weighted by Gasteiger charge is -2.18. The van der Waals surface area contributed by atoms with Crippen molar-refractivity contribution >= 4 is 23.0 Å². The molecule has 0 unspecified atom stereocenters. The third-order valence-electron chi connectivity index (χ3n) is 2.40. The zero-order valence-electron chi connectivity index (χ0n) is 10.00. The SMILES string of the molecule is CCC(CC)Oc1ccc(F)cc1NC(N)=S. The summed E-state index contributed by atoms with van der Waals surface area (Å²) in [5.41, 5.74) is 5.84. The van der Waals surface area contributed by atoms with Crippen LogP contribution in [0.2, 0.25) is 0 Å². The number of anilines is 1. The van der Waals surface area contributed by atoms with E-state index >= 15 is 0 Å². The van der Waals surface area contributed by atoms with Crippen molar-refractivity contribution < 1.29 is 9.13 Å². The summed E-state index contributed by atoms with van der Waals surface area (Å²) in [6.45, 7) is 4.08. The lowest BCUT2D eigenvalue weighted by Crippen LogP contribution is -2.21. The molecule has 5 heteroatoms. The molecule has 0 aliphatic heterocycles. The third kappa shape index (κ3) is 4.19. The number of hydrogen-bond donors (Lipinski definition) is 2. The smallest absolute Gasteiger partial charge is 0.168 e. The fraction of sp³-hybridized carbons (Fsp3) is 0.417. The minimum absolute atomic E-state index is 0.0880. The summed E-state index contributed by atoms with van der Waals surface area (Å²) < 4.78 is 18.9. The highest BCUT2D eigenvalue weighted by atomic mass is 32.1. The fourth-order valence-corrected chi connectivity index (χ4v) is 1.58. The number of rotatable bonds is 5. The molecule has 0 spiro atoms. The number of thiocarbonyl (C=S) groups is 1. The van der Waals surface area contributed by atoms with Gasteiger partial charge in [-0.15, -0.1) is 0 Å². The van der Waals surface area contributed by atoms with Crippen molar-refractivity contribution in [2.24, 2.45) is 5.73 Å². The number of benzene rings is 1. The fourth-order valence-electron chi connectivity index (χ4n) is 1.47. The van der Waals surface area contributed by atoms with Gasteiger partial charge in [0.2, 0.25) is 0 Å². The van der Waals surface area contributed by atoms with Gasteiger partial charge >= 0.3 is 0 Å². The maximum atomic E-state index is 13.1. The lowest BCUT2D eigenvalue weighted by atomic mass is 10.2. The number of ether oxygens (including phenoxy) is 1. The van der Waals surface area contributed by atoms with Crippen molar-refractivity contribution in [2.45, 2.75) is 32.8 Å². The first-order valence-electron chi connectivity index (χ1n) is 5.59. The van der Waals surface area contributed by atoms with Crippen molar-refractivity contribution in [1.82, 2.24) is 0 Å². The molecule has 0 aliphatic carbocycles. The van der Waals surface area contributed by atoms with Crippen LogP contribution in [0.4, 0.5) is 10.1 Å². The number of hydrogen-bond acceptors (Lipinski definition) is 2. The van der Waals surface area contributed by atoms with Crippen LogP contribution in [-0.2, 0) is 0 Å². The van der Waals surface area contributed by atoms with Crippen LogP contribution in [0.5, 0.6) is 5.75 Å². The Hall–Kier alpha value is -1.36. The van der Waals surface area contributed by atoms with Crippen LogP contribution < -0.4 is 15.8 Å². The van der Waals surface area contributed by atoms with Crippen LogP contribution in [0.1, 0.15) is 26.7 Å². The standard InChI is InChI=1S/C12H17FN2OS/c1-3-9(4-2)16-11-6-5-8(13)7-10(11)15-12(14)17/h5-7,9H,3-4H2,1-2H3,(H3,14,15,17). The van der Waals surface area contributed by atoms with E-state index in [2.05, 4.69) is 5.32 Å². The molecular weight excluding hydrogens is 239 g/mol. The molecule has 17 heavy (non-hydrogen) atoms. The van der Waals surface area contributed by atoms with Gasteiger partial charge in [0.05, 0.1) is 11.8 Å². The van der Waals surface area contributed by atoms with E-state index in [1.165, 1.54) is 12.1 Å². The summed E-state index contributed by atoms with van der Waals surface area (Å²) >= 11 is 4.74. The van der Waals surface area contributed by atoms with Crippen LogP contribution in [0, 0.1) is 5.82 Å². The Labute approximate surface area is 106 Å². The van der Waals surface area contributed by atoms with E-state index in [4.69, 9.17) is 22.7 Å². The van der Waals surface area contributed by atoms with Crippen LogP contribution in [-0.4, -0.2) is 11.2 Å². The van der Waals surface area contributed by atoms with E-state index < -0.39 is 0 Å². The van der Waals surface area contributed by atoms with E-state index in [0.29, 0.717) is 11.4 Å². The first-order valence-corrected chi connectivity index (χ1v) is 6.00. The molecule has 0 atom stereocenters. The molecule has 0 amide bonds. The second kappa shape index (κ2) is 6.39. The molecule has 94 valence electrons. The van der Waals surface area contributed by atoms with Crippen molar-refractivity contribution in [3.63, 3.8) is 0 Å². The summed E-state index contributed by atoms with van der Waals surface area (Å²) in [5, 5.41) is 2.80. The number of halogens is 1. The highest BCUT2D eigenvalue weighted by Crippen LogP contribution is 2.27. The molecule has 0 aliphatic rings. The van der Waals surface area contributed by atoms with Gasteiger partial charge < -0.3 is 15.8 Å². The summed E-state index contributed by atoms with van der Waals surface area (Å²) in [6.07, 6.45) is 1.88. The van der Waals surface area contributed by atoms with E-state index in [9.17, 15) is 4.39 Å². The second-order valence-electron chi connectivity index (χ2n) is 3.69. The topological polar surface area (TPSA) is 47.3 Å². The van der Waals surface area contributed by atoms with Gasteiger partial charge in [-0.3, -0.25) is 0 Å². The first kappa shape index (κ1) is 13.7. The molecule has 1 aromatic rings. The van der Waals surface area contributed by atoms with Crippen molar-refractivity contribution in [3.8, 4) is 5.75 Å². The lowest BCUT2D eigenvalue weighted by molar-refractivity contribution is 0.194. The summed E-state index contributed by atoms with van der Waals surface area (Å²) in [5.74, 6) is 0.202. The normalized spacial score (nSPS) is 10.4. The number of nitrogens with one attached hydrogen (secondary N) is 1. The van der Waals surface area contributed by atoms with Gasteiger partial charge in [0, 0.05) is 6.07 Å². The van der Waals surface area contributed by atoms with E-state index in [1.807, 2.05) is 13.8 Å². The summed E-state index contributed by atoms with van der Waals surface area (Å²) in [7, 11) is 0. The molecule has 0 saturated carbocycles. The van der Waals surface area contributed by atoms with E-state index in [1.54, 1.807) is 6.07 Å². The van der Waals surface area contributed by atoms with E-state index in [0.717, 1.165) is 12.8 Å². The van der Waals surface area contributed by atoms with Gasteiger partial charge in [0.1, 0.15) is 11.6 Å². The molecule has 0 saturated heterocycles. The molecule has 1 aromatic carbocycles. The quantitative estimate of drug-likeness (QED) is 0.795. The Morgan fingerprint density at radius 1 is 1.47 bits per heavy atom. The minimum atomic E-state index is -0.361. The summed E-state index contributed by atoms with van der Waals surface area (Å²) in [4.78, 5) is 0. The molecule has 3 N–H and O–H groups in total. The third-order valence-corrected chi connectivity index (χ3v) is 2.51. The first-order chi connectivity index (χ1) is 8.06. The average molecular weight is 256 g/mol. The zero-order valence-corrected chi connectivity index (χ0v) is 10.8. The molecule has 0 fully saturated rings. The Morgan fingerprint density at radius 3 is 2.65 bits per heavy atom. The molecule has 0 radical (unpaired) electrons. The van der Waals surface area contributed by atoms with Crippen LogP contribution in [0.3, 0.4) is 0 Å². The van der Waals surface area contributed by atoms with E-state index in [-0.39, 0.29) is 17.0 Å². The van der Waals surface area contributed by atoms with Crippen molar-refractivity contribution in [2.75, 3.05) is 5.32 Å². The molecule has 0 heterocycles. The maximum absolute atomic E-state index is 13.1. The van der Waals surface area contributed by atoms with Crippen LogP contribution >= 0.6 is 12.2 Å². The molecule has 3 nitrogen and oxygen atoms in total. The molecule has 1 rings (SSSR count). The predicted molar refractivity (Wildman–Crippen MR) is 71.8 cm³/mol. The van der Waals surface area contributed by atoms with Gasteiger partial charge in [-0.2, -0.15) is 0 Å². The van der Waals surface area contributed by atoms with Gasteiger partial charge in [-0.1, -0.05) is 13.8 Å². The van der Waals surface area contributed by atoms with Gasteiger partial charge in [0.15, 0.2) is 5.11 Å². The Bertz CT molecular complexity index is 394. The summed E-state index contributed by atoms with van der Waals surface area (Å²) in [6, 6.07) is 4.24. The average Bonchev–Trinajstić information content (AvgIpc) is 2.27. The maximum Gasteiger partial charge on any atom is 0.168 e. The van der Waals surface area contributed by atoms with Crippen molar-refractivity contribution in [3.05, 3.63) is 24.0 Å². The highest BCUT2D eigenvalue weighted by molar-refractivity contribution is 7.80. The molecule has 0 bridgehead atoms. The predicted octanol–water partition coefficient (Wildman–Crippen LogP) is 3.05. The van der Waals surface area contributed by atoms with Gasteiger partial charge in [-0.05, 0) is 37.2 Å². The van der Waals surface area contributed by atoms with Crippen molar-refractivity contribution in [1.29, 1.82) is 0 Å². The molecular formula is C12H17FN2OS. The Balaban J connectivity index is 2.92. The zero-order chi connectivity index (χ0) is 12.8. The van der Waals surface area contributed by atoms with Gasteiger partial charge in [0.25, 0.3) is 0 Å². The monoisotopic (exact) mass is 256 g/mol. The minimum Gasteiger partial charge on any atom is -0.488 e. The number of nitrogens with two attached hydrogens (primary N) is 1. The largest absolute Gasteiger partial charge is 0.488 e. The Kier molecular flexibility index (Phi) is 5.15. The van der Waals surface area contributed by atoms with Crippen LogP contribution in [0.25, 0.3) is 0 Å². The van der Waals surface area contributed by atoms with Crippen LogP contribution in [0.15, 0.2) is 18.2 Å². The molecule has 0 aromatic heterocycles.